The van der Waals surface area contributed by atoms with E-state index in [4.69, 9.17) is 16.6 Å². The van der Waals surface area contributed by atoms with E-state index >= 15 is 0 Å². The molecule has 0 aliphatic rings. The highest BCUT2D eigenvalue weighted by Crippen LogP contribution is 2.13. The smallest absolute Gasteiger partial charge is 0.150 e. The van der Waals surface area contributed by atoms with Crippen molar-refractivity contribution >= 4 is 34.6 Å². The first-order valence-corrected chi connectivity index (χ1v) is 9.62. The van der Waals surface area contributed by atoms with Gasteiger partial charge in [0.15, 0.2) is 0 Å². The van der Waals surface area contributed by atoms with Crippen LogP contribution in [0.4, 0.5) is 0 Å². The summed E-state index contributed by atoms with van der Waals surface area (Å²) < 4.78 is 0. The highest BCUT2D eigenvalue weighted by molar-refractivity contribution is 6.11. The summed E-state index contributed by atoms with van der Waals surface area (Å²) in [5.41, 5.74) is 9.14. The van der Waals surface area contributed by atoms with Crippen LogP contribution in [0.15, 0.2) is 77.9 Å². The lowest BCUT2D eigenvalue weighted by Crippen LogP contribution is -2.16. The van der Waals surface area contributed by atoms with Gasteiger partial charge in [-0.05, 0) is 56.1 Å². The Labute approximate surface area is 181 Å². The van der Waals surface area contributed by atoms with Crippen molar-refractivity contribution in [1.82, 2.24) is 10.3 Å². The first-order valence-electron chi connectivity index (χ1n) is 9.62. The van der Waals surface area contributed by atoms with E-state index in [0.29, 0.717) is 23.4 Å². The molecule has 0 radical (unpaired) electrons. The predicted molar refractivity (Wildman–Crippen MR) is 128 cm³/mol. The van der Waals surface area contributed by atoms with Crippen molar-refractivity contribution in [1.29, 1.82) is 10.8 Å². The van der Waals surface area contributed by atoms with E-state index in [1.165, 1.54) is 12.2 Å². The minimum atomic E-state index is -0.0451. The molecule has 5 N–H and O–H groups in total. The molecule has 3 rings (SSSR count). The fraction of sp³-hybridized carbons (Fsp3) is 0.125. The molecule has 0 bridgehead atoms. The summed E-state index contributed by atoms with van der Waals surface area (Å²) >= 11 is 0. The number of hydrogen-bond donors (Lipinski definition) is 4. The van der Waals surface area contributed by atoms with Gasteiger partial charge in [0.1, 0.15) is 18.0 Å². The Morgan fingerprint density at radius 1 is 1.10 bits per heavy atom. The number of nitrogens with one attached hydrogen (secondary N) is 3. The van der Waals surface area contributed by atoms with Crippen molar-refractivity contribution in [2.24, 2.45) is 10.7 Å². The topological polar surface area (TPSA) is 128 Å². The summed E-state index contributed by atoms with van der Waals surface area (Å²) in [6.07, 6.45) is 5.77. The van der Waals surface area contributed by atoms with Crippen LogP contribution >= 0.6 is 0 Å². The Kier molecular flexibility index (Phi) is 8.94. The van der Waals surface area contributed by atoms with Crippen LogP contribution < -0.4 is 11.1 Å². The lowest BCUT2D eigenvalue weighted by atomic mass is 10.1. The van der Waals surface area contributed by atoms with E-state index in [1.54, 1.807) is 30.5 Å². The number of rotatable bonds is 6. The third kappa shape index (κ3) is 7.41. The summed E-state index contributed by atoms with van der Waals surface area (Å²) in [6.45, 7) is 0. The van der Waals surface area contributed by atoms with E-state index in [0.717, 1.165) is 22.8 Å². The fourth-order valence-electron chi connectivity index (χ4n) is 2.71. The van der Waals surface area contributed by atoms with Crippen LogP contribution in [-0.2, 0) is 6.42 Å². The largest absolute Gasteiger partial charge is 0.387 e. The zero-order valence-corrected chi connectivity index (χ0v) is 17.6. The van der Waals surface area contributed by atoms with E-state index in [2.05, 4.69) is 15.3 Å². The summed E-state index contributed by atoms with van der Waals surface area (Å²) in [5.74, 6) is 0.267. The second kappa shape index (κ2) is 11.9. The molecule has 31 heavy (non-hydrogen) atoms. The number of allylic oxidation sites excluding steroid dienone is 1. The number of benzene rings is 2. The number of aliphatic imine (C=N–C) groups is 1. The van der Waals surface area contributed by atoms with Gasteiger partial charge in [-0.1, -0.05) is 30.3 Å². The van der Waals surface area contributed by atoms with Gasteiger partial charge in [-0.3, -0.25) is 15.2 Å². The predicted octanol–water partition coefficient (Wildman–Crippen LogP) is 3.38. The molecule has 158 valence electrons. The molecular weight excluding hydrogens is 388 g/mol. The molecule has 7 nitrogen and oxygen atoms in total. The summed E-state index contributed by atoms with van der Waals surface area (Å²) in [4.78, 5) is 19.2. The number of pyridine rings is 1. The monoisotopic (exact) mass is 414 g/mol. The third-order valence-electron chi connectivity index (χ3n) is 4.06. The number of aromatic nitrogens is 1. The minimum absolute atomic E-state index is 0.0451. The Morgan fingerprint density at radius 2 is 1.87 bits per heavy atom. The molecule has 7 heteroatoms. The number of hydrogen-bond acceptors (Lipinski definition) is 5. The Balaban J connectivity index is 0.00000107. The normalized spacial score (nSPS) is 11.1. The zero-order chi connectivity index (χ0) is 22.6. The van der Waals surface area contributed by atoms with Gasteiger partial charge in [-0.25, -0.2) is 4.99 Å². The average molecular weight is 415 g/mol. The third-order valence-corrected chi connectivity index (χ3v) is 4.06. The number of amidine groups is 2. The molecule has 0 saturated carbocycles. The maximum atomic E-state index is 10.8. The van der Waals surface area contributed by atoms with Crippen LogP contribution in [0.2, 0.25) is 0 Å². The Bertz CT molecular complexity index is 1130. The molecule has 1 aromatic heterocycles. The molecule has 0 unspecified atom stereocenters. The van der Waals surface area contributed by atoms with Gasteiger partial charge in [0.25, 0.3) is 0 Å². The summed E-state index contributed by atoms with van der Waals surface area (Å²) in [5, 5.41) is 19.8. The van der Waals surface area contributed by atoms with Crippen molar-refractivity contribution in [3.05, 3.63) is 89.6 Å². The van der Waals surface area contributed by atoms with E-state index in [1.807, 2.05) is 44.4 Å². The lowest BCUT2D eigenvalue weighted by Gasteiger charge is -2.03. The van der Waals surface area contributed by atoms with Crippen LogP contribution in [0.3, 0.4) is 0 Å². The number of carbonyl (C=O) groups is 1. The molecule has 0 aliphatic carbocycles. The van der Waals surface area contributed by atoms with Gasteiger partial charge in [0.2, 0.25) is 0 Å². The Morgan fingerprint density at radius 3 is 2.61 bits per heavy atom. The number of carbonyl (C=O) groups excluding carboxylic acids is 1. The van der Waals surface area contributed by atoms with E-state index in [9.17, 15) is 4.79 Å². The Hall–Kier alpha value is -3.97. The minimum Gasteiger partial charge on any atom is -0.387 e. The molecule has 0 spiro atoms. The van der Waals surface area contributed by atoms with Crippen LogP contribution in [0, 0.1) is 10.8 Å². The van der Waals surface area contributed by atoms with E-state index in [-0.39, 0.29) is 11.5 Å². The quantitative estimate of drug-likeness (QED) is 0.280. The molecular formula is C24H26N6O. The molecule has 1 heterocycles. The van der Waals surface area contributed by atoms with Crippen molar-refractivity contribution in [2.45, 2.75) is 6.42 Å². The zero-order valence-electron chi connectivity index (χ0n) is 17.6. The number of nitrogens with zero attached hydrogens (tertiary/aromatic N) is 2. The SMILES string of the molecule is CNC.N=C(/C=C\C(=N)c1cccc(C=O)c1)N=C(N)Cc1ccc2ncccc2c1. The van der Waals surface area contributed by atoms with Crippen LogP contribution in [0.25, 0.3) is 10.9 Å². The van der Waals surface area contributed by atoms with Crippen molar-refractivity contribution in [3.8, 4) is 0 Å². The fourth-order valence-corrected chi connectivity index (χ4v) is 2.71. The number of nitrogens with two attached hydrogens (primary N) is 1. The first-order chi connectivity index (χ1) is 15.0. The molecule has 0 saturated heterocycles. The molecule has 0 atom stereocenters. The van der Waals surface area contributed by atoms with Gasteiger partial charge in [-0.2, -0.15) is 0 Å². The molecule has 0 amide bonds. The van der Waals surface area contributed by atoms with E-state index < -0.39 is 0 Å². The van der Waals surface area contributed by atoms with Crippen molar-refractivity contribution in [3.63, 3.8) is 0 Å². The van der Waals surface area contributed by atoms with Gasteiger partial charge < -0.3 is 16.5 Å². The maximum absolute atomic E-state index is 10.8. The molecule has 2 aromatic carbocycles. The highest BCUT2D eigenvalue weighted by Gasteiger charge is 2.02. The number of aldehydes is 1. The molecule has 0 fully saturated rings. The van der Waals surface area contributed by atoms with Gasteiger partial charge >= 0.3 is 0 Å². The van der Waals surface area contributed by atoms with Crippen molar-refractivity contribution < 1.29 is 4.79 Å². The summed E-state index contributed by atoms with van der Waals surface area (Å²) in [6, 6.07) is 16.5. The lowest BCUT2D eigenvalue weighted by molar-refractivity contribution is 0.112. The molecule has 3 aromatic rings. The van der Waals surface area contributed by atoms with Crippen LogP contribution in [0.5, 0.6) is 0 Å². The standard InChI is InChI=1S/C22H19N5O.C2H7N/c23-19(17-4-1-3-16(12-17)14-28)7-9-21(24)27-22(25)13-15-6-8-20-18(11-15)5-2-10-26-20;1-3-2/h1-12,14,23H,13H2,(H3,24,25,27);3H,1-2H3/b9-7-,23-19?;. The van der Waals surface area contributed by atoms with Crippen LogP contribution in [0.1, 0.15) is 21.5 Å². The highest BCUT2D eigenvalue weighted by atomic mass is 16.1. The first kappa shape index (κ1) is 23.3. The van der Waals surface area contributed by atoms with Crippen LogP contribution in [-0.4, -0.2) is 42.7 Å². The molecule has 0 aliphatic heterocycles. The average Bonchev–Trinajstić information content (AvgIpc) is 2.78. The van der Waals surface area contributed by atoms with Gasteiger partial charge in [-0.15, -0.1) is 0 Å². The van der Waals surface area contributed by atoms with Crippen molar-refractivity contribution in [2.75, 3.05) is 14.1 Å². The summed E-state index contributed by atoms with van der Waals surface area (Å²) in [7, 11) is 3.75. The second-order valence-corrected chi connectivity index (χ2v) is 6.69. The number of fused-ring (bicyclic) bond motifs is 1. The van der Waals surface area contributed by atoms with Gasteiger partial charge in [0.05, 0.1) is 11.2 Å². The van der Waals surface area contributed by atoms with Gasteiger partial charge in [0, 0.05) is 29.1 Å². The second-order valence-electron chi connectivity index (χ2n) is 6.69. The maximum Gasteiger partial charge on any atom is 0.150 e.